The molecule has 146 valence electrons. The fraction of sp³-hybridized carbons (Fsp3) is 0.409. The van der Waals surface area contributed by atoms with Crippen molar-refractivity contribution in [3.8, 4) is 5.69 Å². The van der Waals surface area contributed by atoms with E-state index in [9.17, 15) is 14.4 Å². The second-order valence-corrected chi connectivity index (χ2v) is 7.99. The fourth-order valence-corrected chi connectivity index (χ4v) is 4.50. The molecule has 1 aliphatic heterocycles. The summed E-state index contributed by atoms with van der Waals surface area (Å²) in [6.07, 6.45) is 3.16. The molecule has 1 aliphatic carbocycles. The topological polar surface area (TPSA) is 71.4 Å². The van der Waals surface area contributed by atoms with Crippen LogP contribution in [0, 0.1) is 20.8 Å². The van der Waals surface area contributed by atoms with E-state index in [0.717, 1.165) is 34.8 Å². The summed E-state index contributed by atoms with van der Waals surface area (Å²) < 4.78 is 2.02. The smallest absolute Gasteiger partial charge is 0.323 e. The lowest BCUT2D eigenvalue weighted by molar-refractivity contribution is -0.130. The summed E-state index contributed by atoms with van der Waals surface area (Å²) in [5.74, 6) is -0.472. The Morgan fingerprint density at radius 3 is 2.36 bits per heavy atom. The lowest BCUT2D eigenvalue weighted by Gasteiger charge is -2.19. The molecular weight excluding hydrogens is 354 g/mol. The number of hydrogen-bond acceptors (Lipinski definition) is 3. The molecule has 6 heteroatoms. The first-order valence-corrected chi connectivity index (χ1v) is 9.76. The van der Waals surface area contributed by atoms with Crippen LogP contribution in [0.4, 0.5) is 4.79 Å². The normalized spacial score (nSPS) is 18.2. The molecule has 6 nitrogen and oxygen atoms in total. The summed E-state index contributed by atoms with van der Waals surface area (Å²) in [4.78, 5) is 39.2. The standard InChI is InChI=1S/C22H25N3O3/c1-14-6-8-17(9-7-14)25-15(2)12-18(16(25)3)19(26)13-24-20(27)22(23-21(24)28)10-4-5-11-22/h6-9,12H,4-5,10-11,13H2,1-3H3,(H,23,28). The van der Waals surface area contributed by atoms with Gasteiger partial charge in [-0.2, -0.15) is 0 Å². The third-order valence-corrected chi connectivity index (χ3v) is 6.03. The van der Waals surface area contributed by atoms with Crippen LogP contribution in [0.2, 0.25) is 0 Å². The molecule has 3 amide bonds. The highest BCUT2D eigenvalue weighted by molar-refractivity contribution is 6.11. The predicted molar refractivity (Wildman–Crippen MR) is 106 cm³/mol. The highest BCUT2D eigenvalue weighted by Gasteiger charge is 2.52. The molecule has 1 spiro atoms. The number of Topliss-reactive ketones (excluding diaryl/α,β-unsaturated/α-hetero) is 1. The lowest BCUT2D eigenvalue weighted by atomic mass is 9.98. The third-order valence-electron chi connectivity index (χ3n) is 6.03. The summed E-state index contributed by atoms with van der Waals surface area (Å²) >= 11 is 0. The van der Waals surface area contributed by atoms with Gasteiger partial charge in [0.2, 0.25) is 0 Å². The molecule has 0 radical (unpaired) electrons. The number of imide groups is 1. The Balaban J connectivity index is 1.59. The zero-order valence-electron chi connectivity index (χ0n) is 16.5. The van der Waals surface area contributed by atoms with Crippen LogP contribution in [0.25, 0.3) is 5.69 Å². The molecular formula is C22H25N3O3. The van der Waals surface area contributed by atoms with Gasteiger partial charge in [0.25, 0.3) is 5.91 Å². The van der Waals surface area contributed by atoms with Crippen LogP contribution < -0.4 is 5.32 Å². The minimum atomic E-state index is -0.782. The Bertz CT molecular complexity index is 966. The van der Waals surface area contributed by atoms with Crippen LogP contribution in [0.3, 0.4) is 0 Å². The largest absolute Gasteiger partial charge is 0.325 e. The zero-order chi connectivity index (χ0) is 20.1. The monoisotopic (exact) mass is 379 g/mol. The van der Waals surface area contributed by atoms with Crippen LogP contribution in [0.15, 0.2) is 30.3 Å². The number of rotatable bonds is 4. The maximum atomic E-state index is 13.0. The molecule has 0 atom stereocenters. The molecule has 1 aromatic carbocycles. The van der Waals surface area contributed by atoms with Crippen molar-refractivity contribution in [1.29, 1.82) is 0 Å². The average molecular weight is 379 g/mol. The molecule has 1 saturated heterocycles. The van der Waals surface area contributed by atoms with Gasteiger partial charge in [0.15, 0.2) is 5.78 Å². The molecule has 28 heavy (non-hydrogen) atoms. The minimum absolute atomic E-state index is 0.218. The number of hydrogen-bond donors (Lipinski definition) is 1. The van der Waals surface area contributed by atoms with Crippen LogP contribution in [0.5, 0.6) is 0 Å². The zero-order valence-corrected chi connectivity index (χ0v) is 16.5. The predicted octanol–water partition coefficient (Wildman–Crippen LogP) is 3.45. The van der Waals surface area contributed by atoms with Crippen molar-refractivity contribution in [2.45, 2.75) is 52.0 Å². The van der Waals surface area contributed by atoms with Crippen molar-refractivity contribution in [1.82, 2.24) is 14.8 Å². The Kier molecular flexibility index (Phi) is 4.37. The quantitative estimate of drug-likeness (QED) is 0.653. The minimum Gasteiger partial charge on any atom is -0.323 e. The maximum Gasteiger partial charge on any atom is 0.325 e. The van der Waals surface area contributed by atoms with E-state index in [1.165, 1.54) is 5.56 Å². The number of nitrogens with zero attached hydrogens (tertiary/aromatic N) is 2. The Morgan fingerprint density at radius 2 is 1.71 bits per heavy atom. The van der Waals surface area contributed by atoms with Crippen LogP contribution >= 0.6 is 0 Å². The van der Waals surface area contributed by atoms with Gasteiger partial charge in [-0.1, -0.05) is 30.5 Å². The van der Waals surface area contributed by atoms with Crippen molar-refractivity contribution >= 4 is 17.7 Å². The van der Waals surface area contributed by atoms with E-state index < -0.39 is 11.6 Å². The summed E-state index contributed by atoms with van der Waals surface area (Å²) in [7, 11) is 0. The average Bonchev–Trinajstić information content (AvgIpc) is 3.30. The molecule has 1 aromatic heterocycles. The number of nitrogens with one attached hydrogen (secondary N) is 1. The number of carbonyl (C=O) groups excluding carboxylic acids is 3. The van der Waals surface area contributed by atoms with Crippen molar-refractivity contribution < 1.29 is 14.4 Å². The van der Waals surface area contributed by atoms with Gasteiger partial charge in [-0.3, -0.25) is 14.5 Å². The molecule has 2 aromatic rings. The highest BCUT2D eigenvalue weighted by Crippen LogP contribution is 2.35. The van der Waals surface area contributed by atoms with Crippen molar-refractivity contribution in [2.75, 3.05) is 6.54 Å². The highest BCUT2D eigenvalue weighted by atomic mass is 16.2. The first-order chi connectivity index (χ1) is 13.3. The fourth-order valence-electron chi connectivity index (χ4n) is 4.50. The summed E-state index contributed by atoms with van der Waals surface area (Å²) in [5.41, 5.74) is 3.67. The molecule has 2 fully saturated rings. The Morgan fingerprint density at radius 1 is 1.07 bits per heavy atom. The number of carbonyl (C=O) groups is 3. The number of ketones is 1. The first kappa shape index (κ1) is 18.5. The van der Waals surface area contributed by atoms with Gasteiger partial charge >= 0.3 is 6.03 Å². The van der Waals surface area contributed by atoms with Gasteiger partial charge in [-0.15, -0.1) is 0 Å². The van der Waals surface area contributed by atoms with E-state index in [1.54, 1.807) is 0 Å². The number of aromatic nitrogens is 1. The first-order valence-electron chi connectivity index (χ1n) is 9.76. The second kappa shape index (κ2) is 6.62. The third kappa shape index (κ3) is 2.84. The number of benzene rings is 1. The molecule has 2 heterocycles. The molecule has 0 unspecified atom stereocenters. The van der Waals surface area contributed by atoms with E-state index >= 15 is 0 Å². The van der Waals surface area contributed by atoms with Crippen molar-refractivity contribution in [3.05, 3.63) is 52.8 Å². The Labute approximate surface area is 164 Å². The van der Waals surface area contributed by atoms with Crippen molar-refractivity contribution in [3.63, 3.8) is 0 Å². The molecule has 1 saturated carbocycles. The second-order valence-electron chi connectivity index (χ2n) is 7.99. The Hall–Kier alpha value is -2.89. The molecule has 4 rings (SSSR count). The van der Waals surface area contributed by atoms with Crippen LogP contribution in [0.1, 0.15) is 53.0 Å². The van der Waals surface area contributed by atoms with Gasteiger partial charge in [0, 0.05) is 22.6 Å². The van der Waals surface area contributed by atoms with Gasteiger partial charge in [0.1, 0.15) is 5.54 Å². The SMILES string of the molecule is Cc1ccc(-n2c(C)cc(C(=O)CN3C(=O)NC4(CCCC4)C3=O)c2C)cc1. The summed E-state index contributed by atoms with van der Waals surface area (Å²) in [6.45, 7) is 5.66. The van der Waals surface area contributed by atoms with E-state index in [1.807, 2.05) is 55.7 Å². The van der Waals surface area contributed by atoms with Crippen LogP contribution in [-0.2, 0) is 4.79 Å². The van der Waals surface area contributed by atoms with Crippen LogP contribution in [-0.4, -0.2) is 39.3 Å². The number of amides is 3. The number of urea groups is 1. The van der Waals surface area contributed by atoms with Gasteiger partial charge in [-0.05, 0) is 51.8 Å². The van der Waals surface area contributed by atoms with Gasteiger partial charge in [-0.25, -0.2) is 4.79 Å². The van der Waals surface area contributed by atoms with E-state index in [4.69, 9.17) is 0 Å². The van der Waals surface area contributed by atoms with E-state index in [-0.39, 0.29) is 18.2 Å². The summed E-state index contributed by atoms with van der Waals surface area (Å²) in [5, 5.41) is 2.83. The molecule has 0 bridgehead atoms. The van der Waals surface area contributed by atoms with Crippen molar-refractivity contribution in [2.24, 2.45) is 0 Å². The van der Waals surface area contributed by atoms with Gasteiger partial charge < -0.3 is 9.88 Å². The number of aryl methyl sites for hydroxylation is 2. The van der Waals surface area contributed by atoms with E-state index in [0.29, 0.717) is 18.4 Å². The summed E-state index contributed by atoms with van der Waals surface area (Å²) in [6, 6.07) is 9.48. The lowest BCUT2D eigenvalue weighted by Crippen LogP contribution is -2.44. The maximum absolute atomic E-state index is 13.0. The molecule has 1 N–H and O–H groups in total. The molecule has 2 aliphatic rings. The van der Waals surface area contributed by atoms with Gasteiger partial charge in [0.05, 0.1) is 6.54 Å². The van der Waals surface area contributed by atoms with E-state index in [2.05, 4.69) is 5.32 Å².